The van der Waals surface area contributed by atoms with Gasteiger partial charge in [0.15, 0.2) is 28.1 Å². The predicted molar refractivity (Wildman–Crippen MR) is 104 cm³/mol. The van der Waals surface area contributed by atoms with Gasteiger partial charge < -0.3 is 29.6 Å². The van der Waals surface area contributed by atoms with Crippen molar-refractivity contribution in [2.45, 2.75) is 26.5 Å². The number of anilines is 1. The number of benzene rings is 2. The summed E-state index contributed by atoms with van der Waals surface area (Å²) in [4.78, 5) is 0. The summed E-state index contributed by atoms with van der Waals surface area (Å²) in [7, 11) is 1.63. The van der Waals surface area contributed by atoms with E-state index in [2.05, 4.69) is 10.6 Å². The molecule has 3 rings (SSSR count). The Morgan fingerprint density at radius 3 is 2.69 bits per heavy atom. The molecule has 1 heterocycles. The number of nitrogens with one attached hydrogen (secondary N) is 2. The van der Waals surface area contributed by atoms with E-state index in [4.69, 9.17) is 31.2 Å². The summed E-state index contributed by atoms with van der Waals surface area (Å²) in [5.74, 6) is 2.88. The van der Waals surface area contributed by atoms with Crippen LogP contribution in [0.4, 0.5) is 5.69 Å². The van der Waals surface area contributed by atoms with E-state index < -0.39 is 0 Å². The molecule has 2 aromatic carbocycles. The van der Waals surface area contributed by atoms with E-state index in [1.807, 2.05) is 50.2 Å². The zero-order valence-corrected chi connectivity index (χ0v) is 15.8. The lowest BCUT2D eigenvalue weighted by molar-refractivity contribution is 0.174. The molecule has 0 aliphatic carbocycles. The van der Waals surface area contributed by atoms with Gasteiger partial charge in [0.2, 0.25) is 6.79 Å². The Hall–Kier alpha value is -2.67. The number of hydrogen-bond acceptors (Lipinski definition) is 5. The van der Waals surface area contributed by atoms with Gasteiger partial charge in [0.05, 0.1) is 13.2 Å². The first kappa shape index (κ1) is 18.1. The minimum atomic E-state index is 0.0892. The van der Waals surface area contributed by atoms with Crippen molar-refractivity contribution in [3.8, 4) is 23.0 Å². The van der Waals surface area contributed by atoms with Crippen molar-refractivity contribution in [1.29, 1.82) is 0 Å². The van der Waals surface area contributed by atoms with Crippen LogP contribution < -0.4 is 29.6 Å². The summed E-state index contributed by atoms with van der Waals surface area (Å²) in [5.41, 5.74) is 1.87. The van der Waals surface area contributed by atoms with E-state index in [1.54, 1.807) is 7.11 Å². The minimum Gasteiger partial charge on any atom is -0.493 e. The van der Waals surface area contributed by atoms with Crippen molar-refractivity contribution in [2.24, 2.45) is 0 Å². The molecule has 0 spiro atoms. The molecule has 138 valence electrons. The SMILES string of the molecule is COc1cc(CNC(=S)Nc2ccc3c(c2)OCO3)ccc1OC(C)C. The molecule has 0 unspecified atom stereocenters. The number of hydrogen-bond donors (Lipinski definition) is 2. The topological polar surface area (TPSA) is 61.0 Å². The molecule has 0 fully saturated rings. The summed E-state index contributed by atoms with van der Waals surface area (Å²) < 4.78 is 21.8. The lowest BCUT2D eigenvalue weighted by atomic mass is 10.2. The highest BCUT2D eigenvalue weighted by atomic mass is 32.1. The number of thiocarbonyl (C=S) groups is 1. The van der Waals surface area contributed by atoms with Crippen molar-refractivity contribution in [1.82, 2.24) is 5.32 Å². The van der Waals surface area contributed by atoms with Crippen molar-refractivity contribution >= 4 is 23.0 Å². The maximum atomic E-state index is 5.73. The highest BCUT2D eigenvalue weighted by molar-refractivity contribution is 7.80. The number of rotatable bonds is 6. The van der Waals surface area contributed by atoms with Crippen molar-refractivity contribution in [3.63, 3.8) is 0 Å². The Labute approximate surface area is 158 Å². The second kappa shape index (κ2) is 8.14. The van der Waals surface area contributed by atoms with Crippen LogP contribution >= 0.6 is 12.2 Å². The first-order valence-corrected chi connectivity index (χ1v) is 8.74. The average molecular weight is 374 g/mol. The van der Waals surface area contributed by atoms with E-state index in [0.717, 1.165) is 22.7 Å². The van der Waals surface area contributed by atoms with Crippen molar-refractivity contribution in [3.05, 3.63) is 42.0 Å². The Balaban J connectivity index is 1.57. The number of ether oxygens (including phenoxy) is 4. The van der Waals surface area contributed by atoms with Crippen LogP contribution in [-0.4, -0.2) is 25.1 Å². The molecule has 2 aromatic rings. The Bertz CT molecular complexity index is 795. The first-order valence-electron chi connectivity index (χ1n) is 8.33. The molecule has 7 heteroatoms. The zero-order chi connectivity index (χ0) is 18.5. The fourth-order valence-electron chi connectivity index (χ4n) is 2.51. The molecule has 0 atom stereocenters. The maximum Gasteiger partial charge on any atom is 0.231 e. The second-order valence-corrected chi connectivity index (χ2v) is 6.44. The van der Waals surface area contributed by atoms with Crippen LogP contribution in [0.1, 0.15) is 19.4 Å². The van der Waals surface area contributed by atoms with Gasteiger partial charge in [-0.15, -0.1) is 0 Å². The molecule has 0 amide bonds. The molecule has 1 aliphatic rings. The summed E-state index contributed by atoms with van der Waals surface area (Å²) in [6, 6.07) is 11.4. The van der Waals surface area contributed by atoms with E-state index >= 15 is 0 Å². The van der Waals surface area contributed by atoms with Gasteiger partial charge in [0, 0.05) is 18.3 Å². The van der Waals surface area contributed by atoms with Crippen LogP contribution in [0.5, 0.6) is 23.0 Å². The number of methoxy groups -OCH3 is 1. The van der Waals surface area contributed by atoms with E-state index in [0.29, 0.717) is 23.2 Å². The maximum absolute atomic E-state index is 5.73. The zero-order valence-electron chi connectivity index (χ0n) is 15.0. The van der Waals surface area contributed by atoms with Crippen LogP contribution in [0.2, 0.25) is 0 Å². The van der Waals surface area contributed by atoms with Crippen LogP contribution in [0.15, 0.2) is 36.4 Å². The van der Waals surface area contributed by atoms with Crippen LogP contribution in [-0.2, 0) is 6.54 Å². The fourth-order valence-corrected chi connectivity index (χ4v) is 2.70. The van der Waals surface area contributed by atoms with Gasteiger partial charge in [-0.2, -0.15) is 0 Å². The summed E-state index contributed by atoms with van der Waals surface area (Å²) in [6.45, 7) is 4.78. The van der Waals surface area contributed by atoms with Crippen LogP contribution in [0.3, 0.4) is 0 Å². The Kier molecular flexibility index (Phi) is 5.68. The lowest BCUT2D eigenvalue weighted by Gasteiger charge is -2.15. The second-order valence-electron chi connectivity index (χ2n) is 6.03. The predicted octanol–water partition coefficient (Wildman–Crippen LogP) is 3.70. The van der Waals surface area contributed by atoms with Crippen molar-refractivity contribution < 1.29 is 18.9 Å². The quantitative estimate of drug-likeness (QED) is 0.748. The minimum absolute atomic E-state index is 0.0892. The standard InChI is InChI=1S/C19H22N2O4S/c1-12(2)25-16-6-4-13(8-17(16)22-3)10-20-19(26)21-14-5-7-15-18(9-14)24-11-23-15/h4-9,12H,10-11H2,1-3H3,(H2,20,21,26). The van der Waals surface area contributed by atoms with Gasteiger partial charge in [0.1, 0.15) is 0 Å². The molecule has 0 saturated carbocycles. The highest BCUT2D eigenvalue weighted by Crippen LogP contribution is 2.34. The summed E-state index contributed by atoms with van der Waals surface area (Å²) in [6.07, 6.45) is 0.0892. The van der Waals surface area contributed by atoms with Crippen molar-refractivity contribution in [2.75, 3.05) is 19.2 Å². The molecule has 26 heavy (non-hydrogen) atoms. The highest BCUT2D eigenvalue weighted by Gasteiger charge is 2.13. The average Bonchev–Trinajstić information content (AvgIpc) is 3.08. The molecular weight excluding hydrogens is 352 g/mol. The third-order valence-electron chi connectivity index (χ3n) is 3.67. The molecule has 1 aliphatic heterocycles. The van der Waals surface area contributed by atoms with Gasteiger partial charge in [0.25, 0.3) is 0 Å². The Morgan fingerprint density at radius 1 is 1.12 bits per heavy atom. The third kappa shape index (κ3) is 4.49. The van der Waals surface area contributed by atoms with Gasteiger partial charge >= 0.3 is 0 Å². The van der Waals surface area contributed by atoms with E-state index in [9.17, 15) is 0 Å². The Morgan fingerprint density at radius 2 is 1.92 bits per heavy atom. The molecule has 0 bridgehead atoms. The summed E-state index contributed by atoms with van der Waals surface area (Å²) >= 11 is 5.36. The van der Waals surface area contributed by atoms with Gasteiger partial charge in [-0.1, -0.05) is 6.07 Å². The van der Waals surface area contributed by atoms with E-state index in [-0.39, 0.29) is 12.9 Å². The first-order chi connectivity index (χ1) is 12.5. The fraction of sp³-hybridized carbons (Fsp3) is 0.316. The van der Waals surface area contributed by atoms with Gasteiger partial charge in [-0.3, -0.25) is 0 Å². The third-order valence-corrected chi connectivity index (χ3v) is 3.92. The largest absolute Gasteiger partial charge is 0.493 e. The molecular formula is C19H22N2O4S. The molecule has 6 nitrogen and oxygen atoms in total. The molecule has 0 aromatic heterocycles. The lowest BCUT2D eigenvalue weighted by Crippen LogP contribution is -2.27. The molecule has 0 radical (unpaired) electrons. The summed E-state index contributed by atoms with van der Waals surface area (Å²) in [5, 5.41) is 6.83. The van der Waals surface area contributed by atoms with Gasteiger partial charge in [-0.25, -0.2) is 0 Å². The monoisotopic (exact) mass is 374 g/mol. The smallest absolute Gasteiger partial charge is 0.231 e. The van der Waals surface area contributed by atoms with E-state index in [1.165, 1.54) is 0 Å². The molecule has 2 N–H and O–H groups in total. The van der Waals surface area contributed by atoms with Crippen LogP contribution in [0.25, 0.3) is 0 Å². The normalized spacial score (nSPS) is 12.0. The number of fused-ring (bicyclic) bond motifs is 1. The van der Waals surface area contributed by atoms with Crippen LogP contribution in [0, 0.1) is 0 Å². The van der Waals surface area contributed by atoms with Gasteiger partial charge in [-0.05, 0) is 55.9 Å². The molecule has 0 saturated heterocycles.